The minimum Gasteiger partial charge on any atom is -0.356 e. The maximum absolute atomic E-state index is 11.6. The fourth-order valence-corrected chi connectivity index (χ4v) is 4.54. The molecule has 1 aromatic carbocycles. The Bertz CT molecular complexity index is 727. The number of aliphatic imine (C=N–C) groups is 1. The summed E-state index contributed by atoms with van der Waals surface area (Å²) in [5.74, 6) is 1.31. The Labute approximate surface area is 180 Å². The van der Waals surface area contributed by atoms with Crippen molar-refractivity contribution in [1.82, 2.24) is 14.9 Å². The van der Waals surface area contributed by atoms with Gasteiger partial charge in [-0.3, -0.25) is 4.99 Å². The molecule has 0 spiro atoms. The highest BCUT2D eigenvalue weighted by Crippen LogP contribution is 2.47. The van der Waals surface area contributed by atoms with E-state index in [0.717, 1.165) is 31.9 Å². The highest BCUT2D eigenvalue weighted by molar-refractivity contribution is 14.0. The predicted octanol–water partition coefficient (Wildman–Crippen LogP) is 2.17. The van der Waals surface area contributed by atoms with Crippen LogP contribution in [-0.2, 0) is 15.4 Å². The lowest BCUT2D eigenvalue weighted by molar-refractivity contribution is 0.275. The molecule has 0 amide bonds. The average Bonchev–Trinajstić information content (AvgIpc) is 3.43. The third kappa shape index (κ3) is 6.05. The fraction of sp³-hybridized carbons (Fsp3) is 0.632. The van der Waals surface area contributed by atoms with Crippen LogP contribution in [0.4, 0.5) is 0 Å². The van der Waals surface area contributed by atoms with Gasteiger partial charge in [-0.1, -0.05) is 30.3 Å². The summed E-state index contributed by atoms with van der Waals surface area (Å²) < 4.78 is 24.8. The molecule has 1 aliphatic heterocycles. The Morgan fingerprint density at radius 2 is 1.81 bits per heavy atom. The van der Waals surface area contributed by atoms with Gasteiger partial charge in [-0.15, -0.1) is 24.0 Å². The molecule has 2 fully saturated rings. The van der Waals surface area contributed by atoms with Crippen LogP contribution in [0, 0.1) is 5.92 Å². The van der Waals surface area contributed by atoms with Crippen LogP contribution >= 0.6 is 24.0 Å². The number of nitrogens with zero attached hydrogens (tertiary/aromatic N) is 2. The molecule has 6 nitrogen and oxygen atoms in total. The van der Waals surface area contributed by atoms with Gasteiger partial charge >= 0.3 is 0 Å². The molecule has 1 saturated heterocycles. The van der Waals surface area contributed by atoms with Crippen molar-refractivity contribution in [2.24, 2.45) is 10.9 Å². The number of hydrogen-bond donors (Lipinski definition) is 2. The molecule has 0 aromatic heterocycles. The summed E-state index contributed by atoms with van der Waals surface area (Å²) in [6.45, 7) is 2.96. The van der Waals surface area contributed by atoms with E-state index in [0.29, 0.717) is 19.0 Å². The van der Waals surface area contributed by atoms with Crippen molar-refractivity contribution in [1.29, 1.82) is 0 Å². The third-order valence-electron chi connectivity index (χ3n) is 5.66. The van der Waals surface area contributed by atoms with Crippen molar-refractivity contribution in [3.63, 3.8) is 0 Å². The lowest BCUT2D eigenvalue weighted by Gasteiger charge is -2.30. The number of benzene rings is 1. The first kappa shape index (κ1) is 22.4. The zero-order valence-corrected chi connectivity index (χ0v) is 19.3. The Morgan fingerprint density at radius 3 is 2.33 bits per heavy atom. The molecule has 1 aliphatic carbocycles. The van der Waals surface area contributed by atoms with E-state index in [-0.39, 0.29) is 29.4 Å². The van der Waals surface area contributed by atoms with Crippen molar-refractivity contribution >= 4 is 40.0 Å². The zero-order chi connectivity index (χ0) is 18.6. The molecule has 3 rings (SSSR count). The third-order valence-corrected chi connectivity index (χ3v) is 6.96. The largest absolute Gasteiger partial charge is 0.356 e. The molecule has 8 heteroatoms. The quantitative estimate of drug-likeness (QED) is 0.353. The molecular formula is C19H31IN4O2S. The smallest absolute Gasteiger partial charge is 0.211 e. The topological polar surface area (TPSA) is 73.8 Å². The SMILES string of the molecule is CN=C(NCC1CCN(S(C)(=O)=O)CC1)NCC1(c2ccccc2)CC1.I. The summed E-state index contributed by atoms with van der Waals surface area (Å²) in [4.78, 5) is 4.34. The Kier molecular flexibility index (Phi) is 7.94. The number of sulfonamides is 1. The van der Waals surface area contributed by atoms with Gasteiger partial charge in [0.25, 0.3) is 0 Å². The monoisotopic (exact) mass is 506 g/mol. The number of rotatable bonds is 6. The Morgan fingerprint density at radius 1 is 1.19 bits per heavy atom. The first-order chi connectivity index (χ1) is 12.4. The minimum atomic E-state index is -3.05. The van der Waals surface area contributed by atoms with Gasteiger partial charge in [0.05, 0.1) is 6.26 Å². The second-order valence-electron chi connectivity index (χ2n) is 7.56. The summed E-state index contributed by atoms with van der Waals surface area (Å²) in [6.07, 6.45) is 5.50. The lowest BCUT2D eigenvalue weighted by Crippen LogP contribution is -2.45. The molecule has 1 heterocycles. The number of piperidine rings is 1. The molecule has 27 heavy (non-hydrogen) atoms. The van der Waals surface area contributed by atoms with Crippen molar-refractivity contribution in [3.8, 4) is 0 Å². The van der Waals surface area contributed by atoms with E-state index >= 15 is 0 Å². The number of halogens is 1. The second kappa shape index (κ2) is 9.56. The first-order valence-corrected chi connectivity index (χ1v) is 11.2. The molecule has 0 radical (unpaired) electrons. The second-order valence-corrected chi connectivity index (χ2v) is 9.54. The van der Waals surface area contributed by atoms with E-state index in [1.165, 1.54) is 24.7 Å². The predicted molar refractivity (Wildman–Crippen MR) is 121 cm³/mol. The van der Waals surface area contributed by atoms with Crippen LogP contribution in [0.1, 0.15) is 31.2 Å². The highest BCUT2D eigenvalue weighted by atomic mass is 127. The van der Waals surface area contributed by atoms with E-state index in [2.05, 4.69) is 46.0 Å². The lowest BCUT2D eigenvalue weighted by atomic mass is 9.96. The van der Waals surface area contributed by atoms with Crippen LogP contribution in [-0.4, -0.2) is 58.2 Å². The van der Waals surface area contributed by atoms with E-state index in [1.807, 2.05) is 0 Å². The average molecular weight is 506 g/mol. The summed E-state index contributed by atoms with van der Waals surface area (Å²) in [5.41, 5.74) is 1.65. The summed E-state index contributed by atoms with van der Waals surface area (Å²) in [5, 5.41) is 6.89. The van der Waals surface area contributed by atoms with E-state index < -0.39 is 10.0 Å². The summed E-state index contributed by atoms with van der Waals surface area (Å²) in [7, 11) is -1.26. The van der Waals surface area contributed by atoms with Crippen LogP contribution < -0.4 is 10.6 Å². The molecule has 2 aliphatic rings. The number of guanidine groups is 1. The molecule has 1 aromatic rings. The van der Waals surface area contributed by atoms with Gasteiger partial charge in [0.15, 0.2) is 5.96 Å². The fourth-order valence-electron chi connectivity index (χ4n) is 3.67. The van der Waals surface area contributed by atoms with Crippen molar-refractivity contribution < 1.29 is 8.42 Å². The van der Waals surface area contributed by atoms with Crippen molar-refractivity contribution in [2.75, 3.05) is 39.5 Å². The molecule has 1 saturated carbocycles. The van der Waals surface area contributed by atoms with Crippen molar-refractivity contribution in [2.45, 2.75) is 31.1 Å². The summed E-state index contributed by atoms with van der Waals surface area (Å²) >= 11 is 0. The van der Waals surface area contributed by atoms with Crippen LogP contribution in [0.15, 0.2) is 35.3 Å². The molecular weight excluding hydrogens is 475 g/mol. The normalized spacial score (nSPS) is 20.6. The van der Waals surface area contributed by atoms with Crippen LogP contribution in [0.2, 0.25) is 0 Å². The van der Waals surface area contributed by atoms with Gasteiger partial charge < -0.3 is 10.6 Å². The van der Waals surface area contributed by atoms with Crippen LogP contribution in [0.3, 0.4) is 0 Å². The molecule has 0 unspecified atom stereocenters. The number of hydrogen-bond acceptors (Lipinski definition) is 3. The van der Waals surface area contributed by atoms with Crippen LogP contribution in [0.5, 0.6) is 0 Å². The van der Waals surface area contributed by atoms with Gasteiger partial charge in [-0.05, 0) is 37.2 Å². The van der Waals surface area contributed by atoms with E-state index in [1.54, 1.807) is 11.4 Å². The standard InChI is InChI=1S/C19H30N4O2S.HI/c1-20-18(21-14-16-8-12-23(13-9-16)26(2,24)25)22-15-19(10-11-19)17-6-4-3-5-7-17;/h3-7,16H,8-15H2,1-2H3,(H2,20,21,22);1H. The number of nitrogens with one attached hydrogen (secondary N) is 2. The summed E-state index contributed by atoms with van der Waals surface area (Å²) in [6, 6.07) is 10.7. The van der Waals surface area contributed by atoms with Crippen molar-refractivity contribution in [3.05, 3.63) is 35.9 Å². The van der Waals surface area contributed by atoms with Gasteiger partial charge in [0.2, 0.25) is 10.0 Å². The maximum Gasteiger partial charge on any atom is 0.211 e. The molecule has 152 valence electrons. The van der Waals surface area contributed by atoms with E-state index in [9.17, 15) is 8.42 Å². The van der Waals surface area contributed by atoms with Gasteiger partial charge in [0, 0.05) is 38.6 Å². The van der Waals surface area contributed by atoms with Gasteiger partial charge in [-0.25, -0.2) is 12.7 Å². The minimum absolute atomic E-state index is 0. The van der Waals surface area contributed by atoms with Gasteiger partial charge in [-0.2, -0.15) is 0 Å². The van der Waals surface area contributed by atoms with Crippen LogP contribution in [0.25, 0.3) is 0 Å². The highest BCUT2D eigenvalue weighted by Gasteiger charge is 2.44. The molecule has 0 bridgehead atoms. The maximum atomic E-state index is 11.6. The molecule has 2 N–H and O–H groups in total. The van der Waals surface area contributed by atoms with E-state index in [4.69, 9.17) is 0 Å². The van der Waals surface area contributed by atoms with Gasteiger partial charge in [0.1, 0.15) is 0 Å². The Hall–Kier alpha value is -0.870. The first-order valence-electron chi connectivity index (χ1n) is 9.38. The molecule has 0 atom stereocenters. The Balaban J connectivity index is 0.00000261. The zero-order valence-electron chi connectivity index (χ0n) is 16.1.